The molecule has 0 N–H and O–H groups in total. The predicted octanol–water partition coefficient (Wildman–Crippen LogP) is 3.09. The van der Waals surface area contributed by atoms with E-state index in [1.165, 1.54) is 0 Å². The maximum Gasteiger partial charge on any atom is 0.573 e. The average molecular weight is 273 g/mol. The van der Waals surface area contributed by atoms with Crippen LogP contribution in [0.25, 0.3) is 0 Å². The van der Waals surface area contributed by atoms with E-state index in [0.29, 0.717) is 18.2 Å². The van der Waals surface area contributed by atoms with Crippen LogP contribution < -0.4 is 9.47 Å². The summed E-state index contributed by atoms with van der Waals surface area (Å²) in [5.41, 5.74) is -1.13. The zero-order valence-corrected chi connectivity index (χ0v) is 8.28. The second-order valence-corrected chi connectivity index (χ2v) is 2.81. The van der Waals surface area contributed by atoms with Gasteiger partial charge in [-0.2, -0.15) is 8.78 Å². The minimum absolute atomic E-state index is 0.410. The van der Waals surface area contributed by atoms with E-state index < -0.39 is 35.1 Å². The number of hydrogen-bond donors (Lipinski definition) is 0. The molecule has 0 aliphatic carbocycles. The van der Waals surface area contributed by atoms with Crippen molar-refractivity contribution in [3.8, 4) is 11.5 Å². The Bertz CT molecular complexity index is 448. The molecule has 0 aliphatic rings. The van der Waals surface area contributed by atoms with Crippen molar-refractivity contribution in [2.45, 2.75) is 13.0 Å². The van der Waals surface area contributed by atoms with E-state index >= 15 is 0 Å². The summed E-state index contributed by atoms with van der Waals surface area (Å²) in [6.45, 7) is -3.25. The highest BCUT2D eigenvalue weighted by Gasteiger charge is 2.34. The number of hydrogen-bond acceptors (Lipinski definition) is 4. The minimum atomic E-state index is -5.13. The van der Waals surface area contributed by atoms with Gasteiger partial charge in [-0.15, -0.1) is 13.2 Å². The van der Waals surface area contributed by atoms with Gasteiger partial charge in [0.15, 0.2) is 0 Å². The van der Waals surface area contributed by atoms with Crippen LogP contribution in [0.15, 0.2) is 18.2 Å². The molecule has 0 spiro atoms. The van der Waals surface area contributed by atoms with Crippen molar-refractivity contribution in [2.24, 2.45) is 0 Å². The monoisotopic (exact) mass is 273 g/mol. The maximum atomic E-state index is 11.9. The Morgan fingerprint density at radius 3 is 2.33 bits per heavy atom. The van der Waals surface area contributed by atoms with Crippen molar-refractivity contribution in [1.29, 1.82) is 0 Å². The van der Waals surface area contributed by atoms with Crippen LogP contribution in [-0.4, -0.2) is 17.9 Å². The highest BCUT2D eigenvalue weighted by atomic mass is 19.4. The smallest absolute Gasteiger partial charge is 0.435 e. The van der Waals surface area contributed by atoms with Crippen LogP contribution in [0.2, 0.25) is 0 Å². The summed E-state index contributed by atoms with van der Waals surface area (Å²) in [5, 5.41) is 10.5. The molecule has 1 aromatic carbocycles. The van der Waals surface area contributed by atoms with Crippen molar-refractivity contribution in [2.75, 3.05) is 0 Å². The van der Waals surface area contributed by atoms with Crippen LogP contribution >= 0.6 is 0 Å². The number of alkyl halides is 5. The van der Waals surface area contributed by atoms with Gasteiger partial charge in [-0.3, -0.25) is 10.1 Å². The summed E-state index contributed by atoms with van der Waals surface area (Å²) in [6.07, 6.45) is -5.13. The average Bonchev–Trinajstić information content (AvgIpc) is 2.17. The fraction of sp³-hybridized carbons (Fsp3) is 0.250. The molecule has 0 amide bonds. The Kier molecular flexibility index (Phi) is 3.89. The first kappa shape index (κ1) is 13.9. The van der Waals surface area contributed by atoms with Crippen molar-refractivity contribution in [3.05, 3.63) is 28.3 Å². The zero-order chi connectivity index (χ0) is 13.9. The topological polar surface area (TPSA) is 61.6 Å². The molecule has 1 aromatic rings. The fourth-order valence-electron chi connectivity index (χ4n) is 1.03. The molecule has 0 heterocycles. The number of nitro groups is 1. The first-order valence-corrected chi connectivity index (χ1v) is 4.18. The molecule has 0 aliphatic heterocycles. The highest BCUT2D eigenvalue weighted by molar-refractivity contribution is 5.51. The Hall–Kier alpha value is -2.13. The highest BCUT2D eigenvalue weighted by Crippen LogP contribution is 2.35. The largest absolute Gasteiger partial charge is 0.573 e. The molecule has 10 heteroatoms. The standard InChI is InChI=1S/C8H4F5NO4/c9-7(10)17-4-1-2-6(18-8(11,12)13)5(3-4)14(15)16/h1-3,7H. The molecule has 0 saturated carbocycles. The minimum Gasteiger partial charge on any atom is -0.435 e. The van der Waals surface area contributed by atoms with Crippen molar-refractivity contribution >= 4 is 5.69 Å². The Morgan fingerprint density at radius 2 is 1.89 bits per heavy atom. The SMILES string of the molecule is O=[N+]([O-])c1cc(OC(F)F)ccc1OC(F)(F)F. The number of benzene rings is 1. The second kappa shape index (κ2) is 5.02. The molecule has 0 atom stereocenters. The van der Waals surface area contributed by atoms with Gasteiger partial charge in [0.2, 0.25) is 5.75 Å². The first-order chi connectivity index (χ1) is 8.19. The van der Waals surface area contributed by atoms with Crippen LogP contribution in [0.1, 0.15) is 0 Å². The molecule has 5 nitrogen and oxygen atoms in total. The Morgan fingerprint density at radius 1 is 1.28 bits per heavy atom. The zero-order valence-electron chi connectivity index (χ0n) is 8.28. The maximum absolute atomic E-state index is 11.9. The van der Waals surface area contributed by atoms with Crippen LogP contribution in [0, 0.1) is 10.1 Å². The number of rotatable bonds is 4. The summed E-state index contributed by atoms with van der Waals surface area (Å²) in [7, 11) is 0. The van der Waals surface area contributed by atoms with Crippen LogP contribution in [0.5, 0.6) is 11.5 Å². The molecule has 0 saturated heterocycles. The van der Waals surface area contributed by atoms with Crippen LogP contribution in [0.3, 0.4) is 0 Å². The third kappa shape index (κ3) is 4.03. The van der Waals surface area contributed by atoms with E-state index in [-0.39, 0.29) is 0 Å². The summed E-state index contributed by atoms with van der Waals surface area (Å²) < 4.78 is 66.5. The summed E-state index contributed by atoms with van der Waals surface area (Å²) in [5.74, 6) is -1.76. The van der Waals surface area contributed by atoms with E-state index in [2.05, 4.69) is 9.47 Å². The van der Waals surface area contributed by atoms with Crippen molar-refractivity contribution in [1.82, 2.24) is 0 Å². The number of ether oxygens (including phenoxy) is 2. The Labute approximate surface area is 95.9 Å². The molecule has 0 fully saturated rings. The lowest BCUT2D eigenvalue weighted by atomic mass is 10.3. The fourth-order valence-corrected chi connectivity index (χ4v) is 1.03. The van der Waals surface area contributed by atoms with Gasteiger partial charge in [-0.05, 0) is 12.1 Å². The number of halogens is 5. The first-order valence-electron chi connectivity index (χ1n) is 4.18. The third-order valence-electron chi connectivity index (χ3n) is 1.58. The summed E-state index contributed by atoms with van der Waals surface area (Å²) in [6, 6.07) is 1.62. The molecule has 100 valence electrons. The summed E-state index contributed by atoms with van der Waals surface area (Å²) >= 11 is 0. The van der Waals surface area contributed by atoms with Crippen LogP contribution in [0.4, 0.5) is 27.6 Å². The summed E-state index contributed by atoms with van der Waals surface area (Å²) in [4.78, 5) is 9.25. The second-order valence-electron chi connectivity index (χ2n) is 2.81. The molecule has 18 heavy (non-hydrogen) atoms. The molecular weight excluding hydrogens is 269 g/mol. The van der Waals surface area contributed by atoms with Gasteiger partial charge in [-0.1, -0.05) is 0 Å². The van der Waals surface area contributed by atoms with Gasteiger partial charge >= 0.3 is 18.7 Å². The van der Waals surface area contributed by atoms with Gasteiger partial charge in [-0.25, -0.2) is 0 Å². The normalized spacial score (nSPS) is 11.4. The van der Waals surface area contributed by atoms with Gasteiger partial charge < -0.3 is 9.47 Å². The van der Waals surface area contributed by atoms with Gasteiger partial charge in [0.1, 0.15) is 5.75 Å². The van der Waals surface area contributed by atoms with Gasteiger partial charge in [0, 0.05) is 0 Å². The van der Waals surface area contributed by atoms with Gasteiger partial charge in [0.05, 0.1) is 11.0 Å². The molecule has 1 rings (SSSR count). The van der Waals surface area contributed by atoms with Crippen molar-refractivity contribution < 1.29 is 36.3 Å². The van der Waals surface area contributed by atoms with E-state index in [1.54, 1.807) is 0 Å². The van der Waals surface area contributed by atoms with E-state index in [0.717, 1.165) is 0 Å². The lowest BCUT2D eigenvalue weighted by Gasteiger charge is -2.10. The number of nitro benzene ring substituents is 1. The predicted molar refractivity (Wildman–Crippen MR) is 46.4 cm³/mol. The quantitative estimate of drug-likeness (QED) is 0.480. The van der Waals surface area contributed by atoms with Crippen molar-refractivity contribution in [3.63, 3.8) is 0 Å². The van der Waals surface area contributed by atoms with E-state index in [9.17, 15) is 32.1 Å². The molecule has 0 radical (unpaired) electrons. The number of nitrogens with zero attached hydrogens (tertiary/aromatic N) is 1. The van der Waals surface area contributed by atoms with Crippen LogP contribution in [-0.2, 0) is 0 Å². The van der Waals surface area contributed by atoms with Gasteiger partial charge in [0.25, 0.3) is 0 Å². The molecule has 0 aromatic heterocycles. The molecular formula is C8H4F5NO4. The lowest BCUT2D eigenvalue weighted by molar-refractivity contribution is -0.388. The molecule has 0 unspecified atom stereocenters. The Balaban J connectivity index is 3.09. The molecule has 0 bridgehead atoms. The van der Waals surface area contributed by atoms with E-state index in [1.807, 2.05) is 0 Å². The van der Waals surface area contributed by atoms with E-state index in [4.69, 9.17) is 0 Å². The third-order valence-corrected chi connectivity index (χ3v) is 1.58. The lowest BCUT2D eigenvalue weighted by Crippen LogP contribution is -2.18.